The van der Waals surface area contributed by atoms with Crippen LogP contribution in [0.3, 0.4) is 0 Å². The molecule has 0 aromatic heterocycles. The van der Waals surface area contributed by atoms with E-state index in [4.69, 9.17) is 4.74 Å². The van der Waals surface area contributed by atoms with Crippen molar-refractivity contribution in [1.29, 1.82) is 0 Å². The molecule has 1 saturated carbocycles. The molecule has 2 rings (SSSR count). The predicted octanol–water partition coefficient (Wildman–Crippen LogP) is 2.40. The summed E-state index contributed by atoms with van der Waals surface area (Å²) in [6.07, 6.45) is 1.34. The lowest BCUT2D eigenvalue weighted by Crippen LogP contribution is -2.16. The fourth-order valence-corrected chi connectivity index (χ4v) is 2.11. The molecule has 0 N–H and O–H groups in total. The number of hydrogen-bond donors (Lipinski definition) is 0. The number of nitrogens with zero attached hydrogens (tertiary/aromatic N) is 1. The van der Waals surface area contributed by atoms with Crippen LogP contribution in [0.25, 0.3) is 0 Å². The Morgan fingerprint density at radius 3 is 2.62 bits per heavy atom. The summed E-state index contributed by atoms with van der Waals surface area (Å²) in [7, 11) is 4.28. The molecular weight excluding hydrogens is 198 g/mol. The summed E-state index contributed by atoms with van der Waals surface area (Å²) in [4.78, 5) is 2.27. The van der Waals surface area contributed by atoms with Gasteiger partial charge in [0, 0.05) is 6.54 Å². The number of hydrogen-bond acceptors (Lipinski definition) is 2. The lowest BCUT2D eigenvalue weighted by atomic mass is 10.2. The summed E-state index contributed by atoms with van der Waals surface area (Å²) in [5.74, 6) is 1.66. The van der Waals surface area contributed by atoms with Crippen LogP contribution in [0.1, 0.15) is 12.0 Å². The highest BCUT2D eigenvalue weighted by atomic mass is 16.5. The first kappa shape index (κ1) is 11.6. The minimum absolute atomic E-state index is 0.756. The summed E-state index contributed by atoms with van der Waals surface area (Å²) in [6.45, 7) is 2.89. The largest absolute Gasteiger partial charge is 0.376 e. The Labute approximate surface area is 98.2 Å². The fourth-order valence-electron chi connectivity index (χ4n) is 2.11. The van der Waals surface area contributed by atoms with Crippen LogP contribution in [0.2, 0.25) is 0 Å². The minimum Gasteiger partial charge on any atom is -0.376 e. The number of rotatable bonds is 6. The van der Waals surface area contributed by atoms with E-state index in [1.807, 2.05) is 6.07 Å². The van der Waals surface area contributed by atoms with Crippen molar-refractivity contribution < 1.29 is 4.74 Å². The van der Waals surface area contributed by atoms with Gasteiger partial charge in [0.05, 0.1) is 13.2 Å². The lowest BCUT2D eigenvalue weighted by Gasteiger charge is -2.08. The first-order valence-electron chi connectivity index (χ1n) is 6.02. The van der Waals surface area contributed by atoms with Gasteiger partial charge in [-0.25, -0.2) is 0 Å². The molecule has 2 atom stereocenters. The van der Waals surface area contributed by atoms with E-state index in [1.54, 1.807) is 0 Å². The molecule has 88 valence electrons. The van der Waals surface area contributed by atoms with Crippen molar-refractivity contribution in [1.82, 2.24) is 4.90 Å². The van der Waals surface area contributed by atoms with Crippen molar-refractivity contribution in [2.24, 2.45) is 11.8 Å². The second-order valence-electron chi connectivity index (χ2n) is 5.02. The SMILES string of the molecule is CN(C)CC1CC1COCc1ccccc1. The Bertz CT molecular complexity index is 310. The van der Waals surface area contributed by atoms with Crippen molar-refractivity contribution in [2.75, 3.05) is 27.2 Å². The van der Waals surface area contributed by atoms with Gasteiger partial charge in [-0.2, -0.15) is 0 Å². The third-order valence-corrected chi connectivity index (χ3v) is 3.11. The van der Waals surface area contributed by atoms with Gasteiger partial charge in [0.2, 0.25) is 0 Å². The molecule has 2 unspecified atom stereocenters. The van der Waals surface area contributed by atoms with Crippen LogP contribution >= 0.6 is 0 Å². The fraction of sp³-hybridized carbons (Fsp3) is 0.571. The van der Waals surface area contributed by atoms with E-state index in [0.29, 0.717) is 0 Å². The van der Waals surface area contributed by atoms with Crippen molar-refractivity contribution in [3.05, 3.63) is 35.9 Å². The molecule has 1 aromatic rings. The van der Waals surface area contributed by atoms with E-state index < -0.39 is 0 Å². The molecule has 1 aromatic carbocycles. The zero-order valence-electron chi connectivity index (χ0n) is 10.2. The van der Waals surface area contributed by atoms with Crippen LogP contribution in [0, 0.1) is 11.8 Å². The molecule has 0 radical (unpaired) electrons. The van der Waals surface area contributed by atoms with E-state index in [-0.39, 0.29) is 0 Å². The highest BCUT2D eigenvalue weighted by Crippen LogP contribution is 2.38. The third-order valence-electron chi connectivity index (χ3n) is 3.11. The van der Waals surface area contributed by atoms with Gasteiger partial charge < -0.3 is 9.64 Å². The van der Waals surface area contributed by atoms with E-state index in [0.717, 1.165) is 25.0 Å². The van der Waals surface area contributed by atoms with Crippen LogP contribution in [-0.4, -0.2) is 32.1 Å². The van der Waals surface area contributed by atoms with Gasteiger partial charge in [-0.15, -0.1) is 0 Å². The van der Waals surface area contributed by atoms with Crippen LogP contribution < -0.4 is 0 Å². The van der Waals surface area contributed by atoms with Gasteiger partial charge in [-0.1, -0.05) is 30.3 Å². The molecule has 0 heterocycles. The second kappa shape index (κ2) is 5.46. The first-order chi connectivity index (χ1) is 7.75. The van der Waals surface area contributed by atoms with Crippen LogP contribution in [0.5, 0.6) is 0 Å². The average molecular weight is 219 g/mol. The van der Waals surface area contributed by atoms with Crippen LogP contribution in [-0.2, 0) is 11.3 Å². The average Bonchev–Trinajstić information content (AvgIpc) is 2.97. The van der Waals surface area contributed by atoms with Crippen molar-refractivity contribution >= 4 is 0 Å². The Kier molecular flexibility index (Phi) is 3.97. The molecule has 0 amide bonds. The van der Waals surface area contributed by atoms with Gasteiger partial charge in [0.1, 0.15) is 0 Å². The summed E-state index contributed by atoms with van der Waals surface area (Å²) in [5, 5.41) is 0. The summed E-state index contributed by atoms with van der Waals surface area (Å²) in [6, 6.07) is 10.4. The summed E-state index contributed by atoms with van der Waals surface area (Å²) >= 11 is 0. The highest BCUT2D eigenvalue weighted by molar-refractivity contribution is 5.13. The maximum atomic E-state index is 5.74. The van der Waals surface area contributed by atoms with Crippen LogP contribution in [0.15, 0.2) is 30.3 Å². The van der Waals surface area contributed by atoms with E-state index >= 15 is 0 Å². The van der Waals surface area contributed by atoms with E-state index in [1.165, 1.54) is 18.5 Å². The lowest BCUT2D eigenvalue weighted by molar-refractivity contribution is 0.106. The first-order valence-corrected chi connectivity index (χ1v) is 6.02. The zero-order chi connectivity index (χ0) is 11.4. The number of benzene rings is 1. The highest BCUT2D eigenvalue weighted by Gasteiger charge is 2.36. The van der Waals surface area contributed by atoms with Crippen molar-refractivity contribution in [2.45, 2.75) is 13.0 Å². The molecule has 1 aliphatic rings. The molecule has 2 nitrogen and oxygen atoms in total. The maximum absolute atomic E-state index is 5.74. The second-order valence-corrected chi connectivity index (χ2v) is 5.02. The Morgan fingerprint density at radius 1 is 1.19 bits per heavy atom. The minimum atomic E-state index is 0.756. The van der Waals surface area contributed by atoms with E-state index in [9.17, 15) is 0 Å². The Hall–Kier alpha value is -0.860. The molecule has 1 aliphatic carbocycles. The topological polar surface area (TPSA) is 12.5 Å². The van der Waals surface area contributed by atoms with Gasteiger partial charge in [0.25, 0.3) is 0 Å². The monoisotopic (exact) mass is 219 g/mol. The molecule has 2 heteroatoms. The van der Waals surface area contributed by atoms with Crippen molar-refractivity contribution in [3.8, 4) is 0 Å². The molecule has 0 aliphatic heterocycles. The quantitative estimate of drug-likeness (QED) is 0.728. The summed E-state index contributed by atoms with van der Waals surface area (Å²) in [5.41, 5.74) is 1.27. The summed E-state index contributed by atoms with van der Waals surface area (Å²) < 4.78 is 5.74. The Morgan fingerprint density at radius 2 is 1.94 bits per heavy atom. The third kappa shape index (κ3) is 3.62. The van der Waals surface area contributed by atoms with Gasteiger partial charge >= 0.3 is 0 Å². The Balaban J connectivity index is 1.60. The van der Waals surface area contributed by atoms with Gasteiger partial charge in [-0.05, 0) is 37.9 Å². The van der Waals surface area contributed by atoms with Gasteiger partial charge in [0.15, 0.2) is 0 Å². The normalized spacial score (nSPS) is 23.7. The van der Waals surface area contributed by atoms with Crippen molar-refractivity contribution in [3.63, 3.8) is 0 Å². The molecule has 0 saturated heterocycles. The van der Waals surface area contributed by atoms with Gasteiger partial charge in [-0.3, -0.25) is 0 Å². The number of ether oxygens (including phenoxy) is 1. The zero-order valence-corrected chi connectivity index (χ0v) is 10.2. The smallest absolute Gasteiger partial charge is 0.0717 e. The molecule has 0 spiro atoms. The predicted molar refractivity (Wildman–Crippen MR) is 66.2 cm³/mol. The molecule has 16 heavy (non-hydrogen) atoms. The maximum Gasteiger partial charge on any atom is 0.0717 e. The molecular formula is C14H21NO. The van der Waals surface area contributed by atoms with E-state index in [2.05, 4.69) is 43.3 Å². The van der Waals surface area contributed by atoms with Crippen LogP contribution in [0.4, 0.5) is 0 Å². The molecule has 1 fully saturated rings. The molecule has 0 bridgehead atoms. The standard InChI is InChI=1S/C14H21NO/c1-15(2)9-13-8-14(13)11-16-10-12-6-4-3-5-7-12/h3-7,13-14H,8-11H2,1-2H3.